The van der Waals surface area contributed by atoms with E-state index in [-0.39, 0.29) is 6.54 Å². The molecule has 0 aromatic heterocycles. The van der Waals surface area contributed by atoms with Crippen molar-refractivity contribution >= 4 is 5.91 Å². The molecule has 1 N–H and O–H groups in total. The molecule has 1 aliphatic rings. The van der Waals surface area contributed by atoms with E-state index in [0.29, 0.717) is 19.5 Å². The third-order valence-electron chi connectivity index (χ3n) is 3.13. The monoisotopic (exact) mass is 282 g/mol. The van der Waals surface area contributed by atoms with Gasteiger partial charge in [0.1, 0.15) is 6.54 Å². The number of piperidine rings is 1. The van der Waals surface area contributed by atoms with Gasteiger partial charge in [0.15, 0.2) is 0 Å². The number of alkyl halides is 3. The lowest BCUT2D eigenvalue weighted by atomic mass is 10.1. The molecule has 0 aromatic carbocycles. The minimum absolute atomic E-state index is 0.0642. The van der Waals surface area contributed by atoms with Crippen LogP contribution in [0.5, 0.6) is 0 Å². The Morgan fingerprint density at radius 2 is 2.11 bits per heavy atom. The lowest BCUT2D eigenvalue weighted by molar-refractivity contribution is -0.165. The number of β-amino-alcohol motifs (C(OH)–C–C–N with tert-alkyl or cyclic N) is 1. The Labute approximate surface area is 111 Å². The maximum atomic E-state index is 12.4. The van der Waals surface area contributed by atoms with Crippen molar-refractivity contribution in [3.8, 4) is 0 Å². The molecule has 1 aliphatic heterocycles. The molecule has 1 unspecified atom stereocenters. The molecule has 1 fully saturated rings. The second-order valence-corrected chi connectivity index (χ2v) is 5.26. The normalized spacial score (nSPS) is 21.7. The molecule has 112 valence electrons. The fourth-order valence-corrected chi connectivity index (χ4v) is 2.21. The summed E-state index contributed by atoms with van der Waals surface area (Å²) in [6, 6.07) is -0.496. The van der Waals surface area contributed by atoms with Crippen LogP contribution < -0.4 is 0 Å². The minimum Gasteiger partial charge on any atom is -0.392 e. The summed E-state index contributed by atoms with van der Waals surface area (Å²) < 4.78 is 37.3. The molecule has 1 heterocycles. The number of hydrogen-bond acceptors (Lipinski definition) is 3. The van der Waals surface area contributed by atoms with E-state index in [0.717, 1.165) is 11.3 Å². The zero-order chi connectivity index (χ0) is 14.6. The van der Waals surface area contributed by atoms with E-state index in [2.05, 4.69) is 0 Å². The van der Waals surface area contributed by atoms with Gasteiger partial charge >= 0.3 is 6.18 Å². The van der Waals surface area contributed by atoms with Gasteiger partial charge in [-0.15, -0.1) is 0 Å². The van der Waals surface area contributed by atoms with Crippen molar-refractivity contribution in [1.82, 2.24) is 9.80 Å². The molecule has 0 aliphatic carbocycles. The largest absolute Gasteiger partial charge is 0.406 e. The number of likely N-dealkylation sites (tertiary alicyclic amines) is 1. The molecule has 0 spiro atoms. The highest BCUT2D eigenvalue weighted by Crippen LogP contribution is 2.19. The molecule has 1 saturated heterocycles. The van der Waals surface area contributed by atoms with Crippen LogP contribution >= 0.6 is 0 Å². The van der Waals surface area contributed by atoms with Gasteiger partial charge in [0.25, 0.3) is 0 Å². The molecule has 19 heavy (non-hydrogen) atoms. The highest BCUT2D eigenvalue weighted by atomic mass is 19.4. The van der Waals surface area contributed by atoms with Crippen LogP contribution in [0.2, 0.25) is 0 Å². The zero-order valence-electron chi connectivity index (χ0n) is 11.3. The molecule has 1 atom stereocenters. The average molecular weight is 282 g/mol. The molecular weight excluding hydrogens is 261 g/mol. The quantitative estimate of drug-likeness (QED) is 0.844. The van der Waals surface area contributed by atoms with Crippen molar-refractivity contribution in [3.05, 3.63) is 0 Å². The Morgan fingerprint density at radius 1 is 1.47 bits per heavy atom. The first-order valence-corrected chi connectivity index (χ1v) is 6.45. The molecule has 4 nitrogen and oxygen atoms in total. The average Bonchev–Trinajstić information content (AvgIpc) is 2.24. The van der Waals surface area contributed by atoms with Crippen LogP contribution in [-0.4, -0.2) is 65.3 Å². The number of nitrogens with zero attached hydrogens (tertiary/aromatic N) is 2. The van der Waals surface area contributed by atoms with Gasteiger partial charge in [0.05, 0.1) is 12.6 Å². The van der Waals surface area contributed by atoms with Crippen LogP contribution in [0.1, 0.15) is 26.7 Å². The predicted molar refractivity (Wildman–Crippen MR) is 64.6 cm³/mol. The highest BCUT2D eigenvalue weighted by Gasteiger charge is 2.34. The van der Waals surface area contributed by atoms with Gasteiger partial charge in [-0.3, -0.25) is 9.69 Å². The van der Waals surface area contributed by atoms with Crippen LogP contribution in [0.25, 0.3) is 0 Å². The van der Waals surface area contributed by atoms with Crippen LogP contribution in [0.3, 0.4) is 0 Å². The van der Waals surface area contributed by atoms with Gasteiger partial charge in [-0.05, 0) is 33.2 Å². The number of rotatable bonds is 4. The molecule has 0 aromatic rings. The topological polar surface area (TPSA) is 43.8 Å². The van der Waals surface area contributed by atoms with Crippen LogP contribution in [-0.2, 0) is 4.79 Å². The van der Waals surface area contributed by atoms with Gasteiger partial charge < -0.3 is 10.0 Å². The third-order valence-corrected chi connectivity index (χ3v) is 3.13. The Kier molecular flexibility index (Phi) is 5.61. The SMILES string of the molecule is CC(C)N(CC(F)(F)F)C(=O)CN1CCCC(O)C1. The van der Waals surface area contributed by atoms with Crippen molar-refractivity contribution in [3.63, 3.8) is 0 Å². The second-order valence-electron chi connectivity index (χ2n) is 5.26. The van der Waals surface area contributed by atoms with Crippen LogP contribution in [0.15, 0.2) is 0 Å². The first-order chi connectivity index (χ1) is 8.69. The third kappa shape index (κ3) is 5.78. The highest BCUT2D eigenvalue weighted by molar-refractivity contribution is 5.78. The molecule has 7 heteroatoms. The van der Waals surface area contributed by atoms with Crippen molar-refractivity contribution in [1.29, 1.82) is 0 Å². The molecule has 1 amide bonds. The molecule has 0 bridgehead atoms. The molecule has 0 radical (unpaired) electrons. The van der Waals surface area contributed by atoms with E-state index in [9.17, 15) is 23.1 Å². The van der Waals surface area contributed by atoms with Gasteiger partial charge in [0.2, 0.25) is 5.91 Å². The Hall–Kier alpha value is -0.820. The number of aliphatic hydroxyl groups is 1. The molecular formula is C12H21F3N2O2. The maximum absolute atomic E-state index is 12.4. The van der Waals surface area contributed by atoms with E-state index >= 15 is 0 Å². The van der Waals surface area contributed by atoms with Gasteiger partial charge in [-0.25, -0.2) is 0 Å². The van der Waals surface area contributed by atoms with Crippen molar-refractivity contribution < 1.29 is 23.1 Å². The first-order valence-electron chi connectivity index (χ1n) is 6.45. The van der Waals surface area contributed by atoms with Crippen molar-refractivity contribution in [2.45, 2.75) is 45.0 Å². The summed E-state index contributed by atoms with van der Waals surface area (Å²) in [7, 11) is 0. The summed E-state index contributed by atoms with van der Waals surface area (Å²) in [4.78, 5) is 14.5. The number of amides is 1. The number of aliphatic hydroxyl groups excluding tert-OH is 1. The summed E-state index contributed by atoms with van der Waals surface area (Å²) in [6.07, 6.45) is -3.44. The summed E-state index contributed by atoms with van der Waals surface area (Å²) in [5.41, 5.74) is 0. The van der Waals surface area contributed by atoms with Gasteiger partial charge in [-0.2, -0.15) is 13.2 Å². The number of carbonyl (C=O) groups excluding carboxylic acids is 1. The van der Waals surface area contributed by atoms with Crippen molar-refractivity contribution in [2.24, 2.45) is 0 Å². The number of hydrogen-bond donors (Lipinski definition) is 1. The van der Waals surface area contributed by atoms with E-state index in [1.165, 1.54) is 0 Å². The predicted octanol–water partition coefficient (Wildman–Crippen LogP) is 1.24. The molecule has 0 saturated carbocycles. The van der Waals surface area contributed by atoms with E-state index in [1.54, 1.807) is 18.7 Å². The number of carbonyl (C=O) groups is 1. The number of halogens is 3. The standard InChI is InChI=1S/C12H21F3N2O2/c1-9(2)17(8-12(13,14)15)11(19)7-16-5-3-4-10(18)6-16/h9-10,18H,3-8H2,1-2H3. The Bertz CT molecular complexity index is 308. The summed E-state index contributed by atoms with van der Waals surface area (Å²) in [5, 5.41) is 9.48. The smallest absolute Gasteiger partial charge is 0.392 e. The van der Waals surface area contributed by atoms with Crippen molar-refractivity contribution in [2.75, 3.05) is 26.2 Å². The summed E-state index contributed by atoms with van der Waals surface area (Å²) in [5.74, 6) is -0.540. The summed E-state index contributed by atoms with van der Waals surface area (Å²) >= 11 is 0. The minimum atomic E-state index is -4.39. The Balaban J connectivity index is 2.57. The fourth-order valence-electron chi connectivity index (χ4n) is 2.21. The fraction of sp³-hybridized carbons (Fsp3) is 0.917. The van der Waals surface area contributed by atoms with Crippen LogP contribution in [0, 0.1) is 0 Å². The van der Waals surface area contributed by atoms with Gasteiger partial charge in [0, 0.05) is 12.6 Å². The maximum Gasteiger partial charge on any atom is 0.406 e. The second kappa shape index (κ2) is 6.56. The van der Waals surface area contributed by atoms with Gasteiger partial charge in [-0.1, -0.05) is 0 Å². The van der Waals surface area contributed by atoms with Crippen LogP contribution in [0.4, 0.5) is 13.2 Å². The Morgan fingerprint density at radius 3 is 2.58 bits per heavy atom. The lowest BCUT2D eigenvalue weighted by Crippen LogP contribution is -2.49. The van der Waals surface area contributed by atoms with E-state index in [1.807, 2.05) is 0 Å². The molecule has 1 rings (SSSR count). The van der Waals surface area contributed by atoms with E-state index in [4.69, 9.17) is 0 Å². The summed E-state index contributed by atoms with van der Waals surface area (Å²) in [6.45, 7) is 2.83. The van der Waals surface area contributed by atoms with E-state index < -0.39 is 30.8 Å². The lowest BCUT2D eigenvalue weighted by Gasteiger charge is -2.33. The first kappa shape index (κ1) is 16.2. The zero-order valence-corrected chi connectivity index (χ0v) is 11.3.